The Hall–Kier alpha value is -1.70. The van der Waals surface area contributed by atoms with E-state index in [2.05, 4.69) is 5.32 Å². The molecular weight excluding hydrogens is 193 g/mol. The van der Waals surface area contributed by atoms with Crippen LogP contribution in [0.2, 0.25) is 0 Å². The lowest BCUT2D eigenvalue weighted by Crippen LogP contribution is -2.10. The average molecular weight is 200 g/mol. The van der Waals surface area contributed by atoms with Crippen molar-refractivity contribution in [3.8, 4) is 6.07 Å². The largest absolute Gasteiger partial charge is 0.418 e. The number of rotatable bonds is 2. The van der Waals surface area contributed by atoms with Crippen LogP contribution >= 0.6 is 0 Å². The van der Waals surface area contributed by atoms with Crippen LogP contribution in [-0.2, 0) is 6.18 Å². The van der Waals surface area contributed by atoms with Gasteiger partial charge in [-0.2, -0.15) is 18.4 Å². The first-order chi connectivity index (χ1) is 6.55. The van der Waals surface area contributed by atoms with E-state index in [9.17, 15) is 13.2 Å². The second kappa shape index (κ2) is 4.01. The van der Waals surface area contributed by atoms with Crippen molar-refractivity contribution in [2.75, 3.05) is 11.9 Å². The molecule has 0 aromatic heterocycles. The molecule has 0 radical (unpaired) electrons. The number of nitrogens with one attached hydrogen (secondary N) is 1. The van der Waals surface area contributed by atoms with Crippen LogP contribution in [0.15, 0.2) is 24.3 Å². The summed E-state index contributed by atoms with van der Waals surface area (Å²) in [5.41, 5.74) is -0.822. The smallest absolute Gasteiger partial charge is 0.372 e. The Morgan fingerprint density at radius 1 is 1.29 bits per heavy atom. The molecule has 1 aromatic carbocycles. The molecule has 0 saturated heterocycles. The van der Waals surface area contributed by atoms with Gasteiger partial charge in [0.25, 0.3) is 0 Å². The van der Waals surface area contributed by atoms with Crippen LogP contribution in [0.1, 0.15) is 5.56 Å². The number of para-hydroxylation sites is 1. The Morgan fingerprint density at radius 2 is 1.93 bits per heavy atom. The minimum Gasteiger partial charge on any atom is -0.372 e. The molecule has 0 aliphatic heterocycles. The second-order valence-corrected chi connectivity index (χ2v) is 2.56. The number of nitriles is 1. The number of alkyl halides is 3. The topological polar surface area (TPSA) is 35.8 Å². The van der Waals surface area contributed by atoms with E-state index in [4.69, 9.17) is 5.26 Å². The summed E-state index contributed by atoms with van der Waals surface area (Å²) in [6.07, 6.45) is -4.39. The van der Waals surface area contributed by atoms with E-state index in [0.717, 1.165) is 6.07 Å². The van der Waals surface area contributed by atoms with Gasteiger partial charge in [-0.1, -0.05) is 12.1 Å². The second-order valence-electron chi connectivity index (χ2n) is 2.56. The van der Waals surface area contributed by atoms with Crippen LogP contribution in [0.25, 0.3) is 0 Å². The SMILES string of the molecule is N#CCNc1ccccc1C(F)(F)F. The predicted molar refractivity (Wildman–Crippen MR) is 45.5 cm³/mol. The highest BCUT2D eigenvalue weighted by Gasteiger charge is 2.32. The molecule has 0 atom stereocenters. The van der Waals surface area contributed by atoms with E-state index in [1.807, 2.05) is 0 Å². The van der Waals surface area contributed by atoms with Gasteiger partial charge in [-0.15, -0.1) is 0 Å². The molecule has 1 N–H and O–H groups in total. The molecule has 2 nitrogen and oxygen atoms in total. The van der Waals surface area contributed by atoms with Gasteiger partial charge in [0.15, 0.2) is 0 Å². The van der Waals surface area contributed by atoms with Gasteiger partial charge in [0.2, 0.25) is 0 Å². The molecule has 0 aliphatic carbocycles. The van der Waals surface area contributed by atoms with Crippen molar-refractivity contribution in [3.05, 3.63) is 29.8 Å². The molecule has 0 heterocycles. The first-order valence-corrected chi connectivity index (χ1v) is 3.83. The van der Waals surface area contributed by atoms with E-state index in [1.165, 1.54) is 18.2 Å². The Bertz CT molecular complexity index is 352. The fourth-order valence-electron chi connectivity index (χ4n) is 1.02. The molecule has 0 bridgehead atoms. The first kappa shape index (κ1) is 10.4. The van der Waals surface area contributed by atoms with Crippen molar-refractivity contribution >= 4 is 5.69 Å². The maximum absolute atomic E-state index is 12.4. The van der Waals surface area contributed by atoms with Crippen LogP contribution in [0, 0.1) is 11.3 Å². The van der Waals surface area contributed by atoms with E-state index in [0.29, 0.717) is 0 Å². The highest BCUT2D eigenvalue weighted by molar-refractivity contribution is 5.52. The summed E-state index contributed by atoms with van der Waals surface area (Å²) in [4.78, 5) is 0. The van der Waals surface area contributed by atoms with Gasteiger partial charge < -0.3 is 5.32 Å². The molecule has 1 rings (SSSR count). The quantitative estimate of drug-likeness (QED) is 0.745. The summed E-state index contributed by atoms with van der Waals surface area (Å²) in [6, 6.07) is 6.77. The summed E-state index contributed by atoms with van der Waals surface area (Å²) >= 11 is 0. The van der Waals surface area contributed by atoms with Gasteiger partial charge in [-0.25, -0.2) is 0 Å². The Balaban J connectivity index is 2.99. The maximum atomic E-state index is 12.4. The molecule has 0 unspecified atom stereocenters. The molecule has 5 heteroatoms. The van der Waals surface area contributed by atoms with Gasteiger partial charge in [-0.3, -0.25) is 0 Å². The van der Waals surface area contributed by atoms with E-state index >= 15 is 0 Å². The van der Waals surface area contributed by atoms with Gasteiger partial charge in [0.05, 0.1) is 11.6 Å². The number of halogens is 3. The molecular formula is C9H7F3N2. The Morgan fingerprint density at radius 3 is 2.50 bits per heavy atom. The van der Waals surface area contributed by atoms with E-state index < -0.39 is 11.7 Å². The van der Waals surface area contributed by atoms with E-state index in [-0.39, 0.29) is 12.2 Å². The van der Waals surface area contributed by atoms with Crippen molar-refractivity contribution in [2.24, 2.45) is 0 Å². The lowest BCUT2D eigenvalue weighted by molar-refractivity contribution is -0.136. The third-order valence-corrected chi connectivity index (χ3v) is 1.59. The molecule has 0 amide bonds. The number of hydrogen-bond acceptors (Lipinski definition) is 2. The average Bonchev–Trinajstić information content (AvgIpc) is 2.14. The predicted octanol–water partition coefficient (Wildman–Crippen LogP) is 2.64. The number of benzene rings is 1. The van der Waals surface area contributed by atoms with Crippen molar-refractivity contribution < 1.29 is 13.2 Å². The summed E-state index contributed by atoms with van der Waals surface area (Å²) in [7, 11) is 0. The molecule has 0 aliphatic rings. The third-order valence-electron chi connectivity index (χ3n) is 1.59. The Kier molecular flexibility index (Phi) is 2.97. The molecule has 14 heavy (non-hydrogen) atoms. The molecule has 0 fully saturated rings. The first-order valence-electron chi connectivity index (χ1n) is 3.83. The number of nitrogens with zero attached hydrogens (tertiary/aromatic N) is 1. The third kappa shape index (κ3) is 2.39. The van der Waals surface area contributed by atoms with Crippen LogP contribution < -0.4 is 5.32 Å². The number of hydrogen-bond donors (Lipinski definition) is 1. The van der Waals surface area contributed by atoms with Gasteiger partial charge in [-0.05, 0) is 12.1 Å². The summed E-state index contributed by atoms with van der Waals surface area (Å²) in [5.74, 6) is 0. The molecule has 0 spiro atoms. The van der Waals surface area contributed by atoms with Crippen LogP contribution in [-0.4, -0.2) is 6.54 Å². The fraction of sp³-hybridized carbons (Fsp3) is 0.222. The monoisotopic (exact) mass is 200 g/mol. The lowest BCUT2D eigenvalue weighted by Gasteiger charge is -2.12. The summed E-state index contributed by atoms with van der Waals surface area (Å²) in [5, 5.41) is 10.6. The van der Waals surface area contributed by atoms with Crippen molar-refractivity contribution in [3.63, 3.8) is 0 Å². The Labute approximate surface area is 79.0 Å². The van der Waals surface area contributed by atoms with Gasteiger partial charge in [0.1, 0.15) is 6.54 Å². The van der Waals surface area contributed by atoms with Crippen LogP contribution in [0.4, 0.5) is 18.9 Å². The fourth-order valence-corrected chi connectivity index (χ4v) is 1.02. The maximum Gasteiger partial charge on any atom is 0.418 e. The number of anilines is 1. The van der Waals surface area contributed by atoms with Crippen LogP contribution in [0.3, 0.4) is 0 Å². The van der Waals surface area contributed by atoms with Gasteiger partial charge in [0, 0.05) is 5.69 Å². The molecule has 1 aromatic rings. The lowest BCUT2D eigenvalue weighted by atomic mass is 10.1. The molecule has 0 saturated carbocycles. The van der Waals surface area contributed by atoms with Crippen molar-refractivity contribution in [1.82, 2.24) is 0 Å². The minimum atomic E-state index is -4.39. The normalized spacial score (nSPS) is 10.7. The molecule has 74 valence electrons. The summed E-state index contributed by atoms with van der Waals surface area (Å²) < 4.78 is 37.1. The highest BCUT2D eigenvalue weighted by Crippen LogP contribution is 2.34. The highest BCUT2D eigenvalue weighted by atomic mass is 19.4. The standard InChI is InChI=1S/C9H7F3N2/c10-9(11,12)7-3-1-2-4-8(7)14-6-5-13/h1-4,14H,6H2. The van der Waals surface area contributed by atoms with Crippen molar-refractivity contribution in [1.29, 1.82) is 5.26 Å². The minimum absolute atomic E-state index is 0.0680. The summed E-state index contributed by atoms with van der Waals surface area (Å²) in [6.45, 7) is -0.146. The van der Waals surface area contributed by atoms with Crippen molar-refractivity contribution in [2.45, 2.75) is 6.18 Å². The van der Waals surface area contributed by atoms with Crippen LogP contribution in [0.5, 0.6) is 0 Å². The van der Waals surface area contributed by atoms with Gasteiger partial charge >= 0.3 is 6.18 Å². The zero-order valence-electron chi connectivity index (χ0n) is 7.10. The zero-order valence-corrected chi connectivity index (χ0v) is 7.10. The van der Waals surface area contributed by atoms with E-state index in [1.54, 1.807) is 6.07 Å². The zero-order chi connectivity index (χ0) is 10.6.